The Morgan fingerprint density at radius 1 is 0.805 bits per heavy atom. The minimum Gasteiger partial charge on any atom is -0.439 e. The molecule has 0 aliphatic carbocycles. The molecule has 5 rings (SSSR count). The lowest BCUT2D eigenvalue weighted by Gasteiger charge is -2.31. The van der Waals surface area contributed by atoms with Gasteiger partial charge in [0.25, 0.3) is 11.8 Å². The summed E-state index contributed by atoms with van der Waals surface area (Å²) in [5.74, 6) is -3.27. The molecule has 4 aromatic rings. The summed E-state index contributed by atoms with van der Waals surface area (Å²) in [6, 6.07) is 14.6. The number of likely N-dealkylation sites (tertiary alicyclic amines) is 1. The third-order valence-electron chi connectivity index (χ3n) is 6.63. The fourth-order valence-electron chi connectivity index (χ4n) is 4.40. The summed E-state index contributed by atoms with van der Waals surface area (Å²) in [5, 5.41) is 2.66. The number of piperidine rings is 1. The van der Waals surface area contributed by atoms with Crippen molar-refractivity contribution < 1.29 is 32.3 Å². The van der Waals surface area contributed by atoms with Crippen LogP contribution in [0.4, 0.5) is 18.9 Å². The van der Waals surface area contributed by atoms with Crippen molar-refractivity contribution in [2.75, 3.05) is 18.4 Å². The van der Waals surface area contributed by atoms with E-state index in [1.807, 2.05) is 0 Å². The van der Waals surface area contributed by atoms with E-state index in [1.54, 1.807) is 17.0 Å². The van der Waals surface area contributed by atoms with Crippen molar-refractivity contribution in [2.45, 2.75) is 12.8 Å². The van der Waals surface area contributed by atoms with E-state index >= 15 is 0 Å². The number of pyridine rings is 2. The predicted molar refractivity (Wildman–Crippen MR) is 142 cm³/mol. The van der Waals surface area contributed by atoms with Crippen LogP contribution in [0.3, 0.4) is 0 Å². The molecule has 0 atom stereocenters. The van der Waals surface area contributed by atoms with E-state index in [0.29, 0.717) is 37.4 Å². The highest BCUT2D eigenvalue weighted by Crippen LogP contribution is 2.24. The molecule has 0 spiro atoms. The van der Waals surface area contributed by atoms with Crippen LogP contribution in [0.1, 0.15) is 44.0 Å². The average Bonchev–Trinajstić information content (AvgIpc) is 3.00. The van der Waals surface area contributed by atoms with Gasteiger partial charge >= 0.3 is 0 Å². The number of ether oxygens (including phenoxy) is 1. The Morgan fingerprint density at radius 2 is 1.54 bits per heavy atom. The van der Waals surface area contributed by atoms with Gasteiger partial charge in [0.15, 0.2) is 17.4 Å². The van der Waals surface area contributed by atoms with E-state index in [0.717, 1.165) is 12.1 Å². The molecule has 1 saturated heterocycles. The highest BCUT2D eigenvalue weighted by molar-refractivity contribution is 6.03. The number of rotatable bonds is 7. The number of ketones is 1. The monoisotopic (exact) mass is 560 g/mol. The topological polar surface area (TPSA) is 101 Å². The number of nitrogens with zero attached hydrogens (tertiary/aromatic N) is 3. The van der Waals surface area contributed by atoms with Crippen LogP contribution < -0.4 is 10.1 Å². The first-order chi connectivity index (χ1) is 19.8. The van der Waals surface area contributed by atoms with E-state index in [4.69, 9.17) is 4.74 Å². The summed E-state index contributed by atoms with van der Waals surface area (Å²) < 4.78 is 45.3. The third kappa shape index (κ3) is 6.57. The second kappa shape index (κ2) is 12.0. The number of amides is 2. The van der Waals surface area contributed by atoms with Crippen LogP contribution in [0.2, 0.25) is 0 Å². The van der Waals surface area contributed by atoms with Crippen LogP contribution in [-0.2, 0) is 0 Å². The molecular weight excluding hydrogens is 537 g/mol. The number of nitrogens with one attached hydrogen (secondary N) is 1. The molecule has 11 heteroatoms. The van der Waals surface area contributed by atoms with Gasteiger partial charge in [0.1, 0.15) is 17.3 Å². The second-order valence-electron chi connectivity index (χ2n) is 9.39. The van der Waals surface area contributed by atoms with E-state index in [9.17, 15) is 27.6 Å². The van der Waals surface area contributed by atoms with Crippen LogP contribution in [0, 0.1) is 23.4 Å². The molecule has 2 amide bonds. The third-order valence-corrected chi connectivity index (χ3v) is 6.63. The lowest BCUT2D eigenvalue weighted by Crippen LogP contribution is -2.40. The van der Waals surface area contributed by atoms with Crippen molar-refractivity contribution in [3.63, 3.8) is 0 Å². The van der Waals surface area contributed by atoms with Crippen LogP contribution >= 0.6 is 0 Å². The van der Waals surface area contributed by atoms with E-state index in [2.05, 4.69) is 15.3 Å². The molecule has 2 aromatic carbocycles. The molecule has 1 N–H and O–H groups in total. The van der Waals surface area contributed by atoms with Crippen LogP contribution in [0.5, 0.6) is 11.6 Å². The number of hydrogen-bond donors (Lipinski definition) is 1. The molecule has 0 bridgehead atoms. The molecule has 41 heavy (non-hydrogen) atoms. The molecule has 3 heterocycles. The first kappa shape index (κ1) is 27.5. The first-order valence-corrected chi connectivity index (χ1v) is 12.7. The first-order valence-electron chi connectivity index (χ1n) is 12.7. The molecule has 208 valence electrons. The Balaban J connectivity index is 1.13. The normalized spacial score (nSPS) is 13.5. The van der Waals surface area contributed by atoms with Gasteiger partial charge in [-0.3, -0.25) is 19.4 Å². The number of carbonyl (C=O) groups excluding carboxylic acids is 3. The standard InChI is InChI=1S/C30H23F3N4O4/c31-21-3-6-23(7-4-21)41-27-10-5-22(17-35-27)36-29(39)26-9-2-20(16-34-26)30(40)37-13-11-18(12-14-37)28(38)19-1-8-24(32)25(33)15-19/h1-10,15-18H,11-14H2,(H,36,39). The van der Waals surface area contributed by atoms with Crippen molar-refractivity contribution in [2.24, 2.45) is 5.92 Å². The summed E-state index contributed by atoms with van der Waals surface area (Å²) in [6.45, 7) is 0.629. The number of Topliss-reactive ketones (excluding diaryl/α,β-unsaturated/α-hetero) is 1. The maximum atomic E-state index is 13.5. The summed E-state index contributed by atoms with van der Waals surface area (Å²) in [6.07, 6.45) is 3.49. The Hall–Kier alpha value is -5.06. The minimum absolute atomic E-state index is 0.0871. The molecule has 1 aliphatic rings. The summed E-state index contributed by atoms with van der Waals surface area (Å²) in [7, 11) is 0. The van der Waals surface area contributed by atoms with Crippen molar-refractivity contribution in [1.82, 2.24) is 14.9 Å². The Bertz CT molecular complexity index is 1570. The number of benzene rings is 2. The minimum atomic E-state index is -1.07. The van der Waals surface area contributed by atoms with Crippen molar-refractivity contribution in [3.8, 4) is 11.6 Å². The van der Waals surface area contributed by atoms with E-state index in [1.165, 1.54) is 54.9 Å². The molecular formula is C30H23F3N4O4. The van der Waals surface area contributed by atoms with Gasteiger partial charge in [-0.15, -0.1) is 0 Å². The quantitative estimate of drug-likeness (QED) is 0.292. The highest BCUT2D eigenvalue weighted by Gasteiger charge is 2.29. The molecule has 0 radical (unpaired) electrons. The Labute approximate surface area is 232 Å². The fourth-order valence-corrected chi connectivity index (χ4v) is 4.40. The van der Waals surface area contributed by atoms with Gasteiger partial charge in [-0.25, -0.2) is 18.2 Å². The van der Waals surface area contributed by atoms with Crippen molar-refractivity contribution in [1.29, 1.82) is 0 Å². The number of hydrogen-bond acceptors (Lipinski definition) is 6. The molecule has 0 saturated carbocycles. The van der Waals surface area contributed by atoms with Gasteiger partial charge in [0.2, 0.25) is 5.88 Å². The molecule has 1 aliphatic heterocycles. The number of carbonyl (C=O) groups is 3. The smallest absolute Gasteiger partial charge is 0.274 e. The highest BCUT2D eigenvalue weighted by atomic mass is 19.2. The van der Waals surface area contributed by atoms with E-state index < -0.39 is 23.5 Å². The van der Waals surface area contributed by atoms with Crippen molar-refractivity contribution >= 4 is 23.3 Å². The molecule has 1 fully saturated rings. The number of halogens is 3. The summed E-state index contributed by atoms with van der Waals surface area (Å²) in [4.78, 5) is 48.1. The number of anilines is 1. The molecule has 2 aromatic heterocycles. The lowest BCUT2D eigenvalue weighted by molar-refractivity contribution is 0.0649. The van der Waals surface area contributed by atoms with Crippen LogP contribution in [0.25, 0.3) is 0 Å². The SMILES string of the molecule is O=C(Nc1ccc(Oc2ccc(F)cc2)nc1)c1ccc(C(=O)N2CCC(C(=O)c3ccc(F)c(F)c3)CC2)cn1. The summed E-state index contributed by atoms with van der Waals surface area (Å²) >= 11 is 0. The zero-order chi connectivity index (χ0) is 28.9. The van der Waals surface area contributed by atoms with Crippen LogP contribution in [0.15, 0.2) is 79.1 Å². The van der Waals surface area contributed by atoms with Crippen LogP contribution in [-0.4, -0.2) is 45.6 Å². The van der Waals surface area contributed by atoms with Gasteiger partial charge in [0, 0.05) is 36.8 Å². The second-order valence-corrected chi connectivity index (χ2v) is 9.39. The predicted octanol–water partition coefficient (Wildman–Crippen LogP) is 5.67. The lowest BCUT2D eigenvalue weighted by atomic mass is 9.88. The maximum absolute atomic E-state index is 13.5. The number of aromatic nitrogens is 2. The zero-order valence-corrected chi connectivity index (χ0v) is 21.5. The van der Waals surface area contributed by atoms with Gasteiger partial charge < -0.3 is 15.0 Å². The molecule has 8 nitrogen and oxygen atoms in total. The van der Waals surface area contributed by atoms with E-state index in [-0.39, 0.29) is 40.2 Å². The summed E-state index contributed by atoms with van der Waals surface area (Å²) in [5.41, 5.74) is 0.876. The van der Waals surface area contributed by atoms with Crippen molar-refractivity contribution in [3.05, 3.63) is 113 Å². The Kier molecular flexibility index (Phi) is 8.04. The average molecular weight is 561 g/mol. The maximum Gasteiger partial charge on any atom is 0.274 e. The van der Waals surface area contributed by atoms with Gasteiger partial charge in [-0.05, 0) is 73.5 Å². The zero-order valence-electron chi connectivity index (χ0n) is 21.5. The Morgan fingerprint density at radius 3 is 2.17 bits per heavy atom. The van der Waals surface area contributed by atoms with Gasteiger partial charge in [-0.2, -0.15) is 0 Å². The van der Waals surface area contributed by atoms with Gasteiger partial charge in [-0.1, -0.05) is 0 Å². The van der Waals surface area contributed by atoms with Gasteiger partial charge in [0.05, 0.1) is 17.4 Å². The largest absolute Gasteiger partial charge is 0.439 e. The molecule has 0 unspecified atom stereocenters. The fraction of sp³-hybridized carbons (Fsp3) is 0.167.